The number of nitrogens with zero attached hydrogens (tertiary/aromatic N) is 2. The van der Waals surface area contributed by atoms with Crippen molar-refractivity contribution in [2.24, 2.45) is 5.10 Å². The molecule has 1 amide bonds. The van der Waals surface area contributed by atoms with Crippen molar-refractivity contribution >= 4 is 18.1 Å². The molecule has 0 aliphatic heterocycles. The summed E-state index contributed by atoms with van der Waals surface area (Å²) in [6.07, 6.45) is 5.23. The molecule has 26 heavy (non-hydrogen) atoms. The topological polar surface area (TPSA) is 108 Å². The zero-order valence-electron chi connectivity index (χ0n) is 13.4. The maximum atomic E-state index is 11.8. The number of hydrogen-bond donors (Lipinski definition) is 1. The van der Waals surface area contributed by atoms with Gasteiger partial charge in [-0.3, -0.25) is 4.79 Å². The number of carbonyl (C=O) groups is 2. The summed E-state index contributed by atoms with van der Waals surface area (Å²) in [5, 5.41) is 15.0. The van der Waals surface area contributed by atoms with E-state index in [1.807, 2.05) is 0 Å². The van der Waals surface area contributed by atoms with Gasteiger partial charge < -0.3 is 14.4 Å². The summed E-state index contributed by atoms with van der Waals surface area (Å²) >= 11 is 0. The predicted molar refractivity (Wildman–Crippen MR) is 90.6 cm³/mol. The minimum absolute atomic E-state index is 0.110. The summed E-state index contributed by atoms with van der Waals surface area (Å²) in [6, 6.07) is 12.6. The highest BCUT2D eigenvalue weighted by Gasteiger charge is 2.11. The third-order valence-corrected chi connectivity index (χ3v) is 3.23. The molecule has 3 aromatic rings. The lowest BCUT2D eigenvalue weighted by atomic mass is 10.2. The van der Waals surface area contributed by atoms with Crippen molar-refractivity contribution in [2.45, 2.75) is 0 Å². The Labute approximate surface area is 147 Å². The SMILES string of the molecule is O=C(N/N=C/c1ccc(OC(=O)c2ccco2)cc1)c1ccc[n+]([O-])c1. The number of hydrogen-bond acceptors (Lipinski definition) is 6. The average Bonchev–Trinajstić information content (AvgIpc) is 3.18. The molecule has 0 aliphatic rings. The molecule has 130 valence electrons. The Balaban J connectivity index is 1.56. The summed E-state index contributed by atoms with van der Waals surface area (Å²) in [4.78, 5) is 23.6. The van der Waals surface area contributed by atoms with Crippen LogP contribution in [-0.4, -0.2) is 18.1 Å². The fraction of sp³-hybridized carbons (Fsp3) is 0. The zero-order valence-corrected chi connectivity index (χ0v) is 13.4. The van der Waals surface area contributed by atoms with Gasteiger partial charge in [-0.1, -0.05) is 0 Å². The maximum absolute atomic E-state index is 11.8. The van der Waals surface area contributed by atoms with Crippen LogP contribution in [0.5, 0.6) is 5.75 Å². The number of amides is 1. The molecule has 8 heteroatoms. The fourth-order valence-electron chi connectivity index (χ4n) is 1.99. The molecule has 0 radical (unpaired) electrons. The van der Waals surface area contributed by atoms with Gasteiger partial charge in [-0.05, 0) is 48.0 Å². The second-order valence-electron chi connectivity index (χ2n) is 5.09. The lowest BCUT2D eigenvalue weighted by Crippen LogP contribution is -2.28. The van der Waals surface area contributed by atoms with E-state index in [0.717, 1.165) is 6.20 Å². The largest absolute Gasteiger partial charge is 0.619 e. The van der Waals surface area contributed by atoms with Gasteiger partial charge in [0, 0.05) is 6.07 Å². The molecular weight excluding hydrogens is 338 g/mol. The van der Waals surface area contributed by atoms with Gasteiger partial charge in [0.25, 0.3) is 5.91 Å². The molecule has 1 aromatic carbocycles. The Hall–Kier alpha value is -3.94. The van der Waals surface area contributed by atoms with Crippen LogP contribution in [0.4, 0.5) is 0 Å². The Morgan fingerprint density at radius 2 is 1.96 bits per heavy atom. The second-order valence-corrected chi connectivity index (χ2v) is 5.09. The number of hydrazone groups is 1. The van der Waals surface area contributed by atoms with Crippen molar-refractivity contribution in [3.63, 3.8) is 0 Å². The number of furan rings is 1. The molecule has 0 unspecified atom stereocenters. The van der Waals surface area contributed by atoms with Crippen LogP contribution in [0, 0.1) is 5.21 Å². The van der Waals surface area contributed by atoms with E-state index < -0.39 is 11.9 Å². The van der Waals surface area contributed by atoms with E-state index in [4.69, 9.17) is 9.15 Å². The fourth-order valence-corrected chi connectivity index (χ4v) is 1.99. The van der Waals surface area contributed by atoms with Crippen molar-refractivity contribution in [2.75, 3.05) is 0 Å². The Morgan fingerprint density at radius 3 is 2.65 bits per heavy atom. The highest BCUT2D eigenvalue weighted by atomic mass is 16.5. The van der Waals surface area contributed by atoms with E-state index in [1.54, 1.807) is 30.3 Å². The standard InChI is InChI=1S/C18H13N3O5/c22-17(14-3-1-9-21(24)12-14)20-19-11-13-5-7-15(8-6-13)26-18(23)16-4-2-10-25-16/h1-12H,(H,20,22)/b19-11+. The second kappa shape index (κ2) is 7.75. The quantitative estimate of drug-likeness (QED) is 0.189. The van der Waals surface area contributed by atoms with Crippen LogP contribution in [0.1, 0.15) is 26.5 Å². The molecule has 0 saturated carbocycles. The number of aromatic nitrogens is 1. The third-order valence-electron chi connectivity index (χ3n) is 3.23. The van der Waals surface area contributed by atoms with Gasteiger partial charge in [0.15, 0.2) is 12.4 Å². The lowest BCUT2D eigenvalue weighted by molar-refractivity contribution is -0.605. The number of pyridine rings is 1. The van der Waals surface area contributed by atoms with Gasteiger partial charge in [0.2, 0.25) is 5.76 Å². The smallest absolute Gasteiger partial charge is 0.379 e. The molecule has 8 nitrogen and oxygen atoms in total. The van der Waals surface area contributed by atoms with Crippen LogP contribution < -0.4 is 14.9 Å². The predicted octanol–water partition coefficient (Wildman–Crippen LogP) is 1.90. The molecule has 0 bridgehead atoms. The van der Waals surface area contributed by atoms with Crippen LogP contribution in [0.15, 0.2) is 76.7 Å². The van der Waals surface area contributed by atoms with Gasteiger partial charge in [0.1, 0.15) is 11.3 Å². The highest BCUT2D eigenvalue weighted by Crippen LogP contribution is 2.13. The van der Waals surface area contributed by atoms with E-state index in [1.165, 1.54) is 36.9 Å². The van der Waals surface area contributed by atoms with Crippen molar-refractivity contribution in [3.05, 3.63) is 89.3 Å². The van der Waals surface area contributed by atoms with Gasteiger partial charge in [-0.15, -0.1) is 0 Å². The molecule has 1 N–H and O–H groups in total. The third kappa shape index (κ3) is 4.32. The number of rotatable bonds is 5. The van der Waals surface area contributed by atoms with Crippen LogP contribution in [0.2, 0.25) is 0 Å². The van der Waals surface area contributed by atoms with Crippen LogP contribution >= 0.6 is 0 Å². The van der Waals surface area contributed by atoms with Gasteiger partial charge in [-0.25, -0.2) is 10.2 Å². The van der Waals surface area contributed by atoms with Gasteiger partial charge >= 0.3 is 5.97 Å². The van der Waals surface area contributed by atoms with Crippen molar-refractivity contribution in [1.29, 1.82) is 0 Å². The van der Waals surface area contributed by atoms with E-state index in [-0.39, 0.29) is 11.3 Å². The average molecular weight is 351 g/mol. The highest BCUT2D eigenvalue weighted by molar-refractivity contribution is 5.94. The summed E-state index contributed by atoms with van der Waals surface area (Å²) in [6.45, 7) is 0. The number of ether oxygens (including phenoxy) is 1. The Morgan fingerprint density at radius 1 is 1.15 bits per heavy atom. The molecule has 2 heterocycles. The first-order chi connectivity index (χ1) is 12.6. The molecule has 0 atom stereocenters. The summed E-state index contributed by atoms with van der Waals surface area (Å²) in [7, 11) is 0. The molecule has 3 rings (SSSR count). The van der Waals surface area contributed by atoms with Crippen LogP contribution in [0.3, 0.4) is 0 Å². The number of carbonyl (C=O) groups excluding carboxylic acids is 2. The molecule has 0 fully saturated rings. The Bertz CT molecular complexity index is 934. The van der Waals surface area contributed by atoms with E-state index >= 15 is 0 Å². The van der Waals surface area contributed by atoms with E-state index in [9.17, 15) is 14.8 Å². The number of benzene rings is 1. The monoisotopic (exact) mass is 351 g/mol. The minimum Gasteiger partial charge on any atom is -0.619 e. The molecule has 0 aliphatic carbocycles. The van der Waals surface area contributed by atoms with Crippen molar-refractivity contribution in [1.82, 2.24) is 5.43 Å². The molecule has 0 saturated heterocycles. The molecule has 2 aromatic heterocycles. The first kappa shape index (κ1) is 16.9. The maximum Gasteiger partial charge on any atom is 0.379 e. The van der Waals surface area contributed by atoms with Crippen LogP contribution in [0.25, 0.3) is 0 Å². The summed E-state index contributed by atoms with van der Waals surface area (Å²) in [5.41, 5.74) is 3.19. The lowest BCUT2D eigenvalue weighted by Gasteiger charge is -2.02. The Kier molecular flexibility index (Phi) is 5.04. The van der Waals surface area contributed by atoms with Gasteiger partial charge in [0.05, 0.1) is 12.5 Å². The molecular formula is C18H13N3O5. The minimum atomic E-state index is -0.595. The van der Waals surface area contributed by atoms with Crippen molar-refractivity contribution in [3.8, 4) is 5.75 Å². The van der Waals surface area contributed by atoms with Crippen molar-refractivity contribution < 1.29 is 23.5 Å². The van der Waals surface area contributed by atoms with Crippen LogP contribution in [-0.2, 0) is 0 Å². The molecule has 0 spiro atoms. The zero-order chi connectivity index (χ0) is 18.4. The first-order valence-corrected chi connectivity index (χ1v) is 7.50. The summed E-state index contributed by atoms with van der Waals surface area (Å²) in [5.74, 6) is -0.645. The normalized spacial score (nSPS) is 10.6. The summed E-state index contributed by atoms with van der Waals surface area (Å²) < 4.78 is 10.6. The van der Waals surface area contributed by atoms with Gasteiger partial charge in [-0.2, -0.15) is 9.83 Å². The number of nitrogens with one attached hydrogen (secondary N) is 1. The van der Waals surface area contributed by atoms with E-state index in [0.29, 0.717) is 16.0 Å². The van der Waals surface area contributed by atoms with E-state index in [2.05, 4.69) is 10.5 Å². The number of esters is 1. The first-order valence-electron chi connectivity index (χ1n) is 7.50.